The molecule has 1 unspecified atom stereocenters. The Morgan fingerprint density at radius 1 is 1.34 bits per heavy atom. The molecule has 0 spiro atoms. The average molecular weight is 387 g/mol. The zero-order valence-corrected chi connectivity index (χ0v) is 16.1. The molecule has 0 radical (unpaired) electrons. The van der Waals surface area contributed by atoms with Gasteiger partial charge in [-0.15, -0.1) is 0 Å². The fraction of sp³-hybridized carbons (Fsp3) is 0.364. The molecule has 5 rings (SSSR count). The van der Waals surface area contributed by atoms with Gasteiger partial charge in [0, 0.05) is 30.7 Å². The minimum Gasteiger partial charge on any atom is -0.389 e. The summed E-state index contributed by atoms with van der Waals surface area (Å²) in [5.41, 5.74) is 3.11. The highest BCUT2D eigenvalue weighted by Gasteiger charge is 2.56. The summed E-state index contributed by atoms with van der Waals surface area (Å²) in [6, 6.07) is 9.85. The van der Waals surface area contributed by atoms with Crippen LogP contribution in [0, 0.1) is 22.7 Å². The molecule has 3 aromatic heterocycles. The van der Waals surface area contributed by atoms with E-state index in [-0.39, 0.29) is 11.8 Å². The monoisotopic (exact) mass is 387 g/mol. The molecule has 0 aromatic carbocycles. The predicted octanol–water partition coefficient (Wildman–Crippen LogP) is 3.11. The van der Waals surface area contributed by atoms with E-state index in [0.717, 1.165) is 40.9 Å². The van der Waals surface area contributed by atoms with Crippen LogP contribution in [-0.4, -0.2) is 32.2 Å². The highest BCUT2D eigenvalue weighted by atomic mass is 16.3. The summed E-state index contributed by atoms with van der Waals surface area (Å²) >= 11 is 0. The third-order valence-corrected chi connectivity index (χ3v) is 6.17. The Morgan fingerprint density at radius 3 is 2.83 bits per heavy atom. The van der Waals surface area contributed by atoms with E-state index in [1.165, 1.54) is 0 Å². The number of aromatic nitrogens is 3. The molecule has 7 nitrogen and oxygen atoms in total. The lowest BCUT2D eigenvalue weighted by molar-refractivity contribution is -0.123. The van der Waals surface area contributed by atoms with Gasteiger partial charge in [-0.05, 0) is 55.9 Å². The second-order valence-electron chi connectivity index (χ2n) is 7.99. The molecule has 146 valence electrons. The minimum atomic E-state index is -0.867. The second-order valence-corrected chi connectivity index (χ2v) is 7.99. The lowest BCUT2D eigenvalue weighted by atomic mass is 9.83. The van der Waals surface area contributed by atoms with Crippen LogP contribution in [0.4, 0.5) is 5.69 Å². The Balaban J connectivity index is 1.53. The molecule has 1 amide bonds. The molecule has 2 fully saturated rings. The van der Waals surface area contributed by atoms with Crippen molar-refractivity contribution in [2.45, 2.75) is 32.3 Å². The van der Waals surface area contributed by atoms with E-state index in [2.05, 4.69) is 16.2 Å². The van der Waals surface area contributed by atoms with Gasteiger partial charge in [-0.3, -0.25) is 9.78 Å². The Bertz CT molecular complexity index is 1140. The van der Waals surface area contributed by atoms with Gasteiger partial charge in [-0.1, -0.05) is 6.07 Å². The molecular formula is C22H21N5O2. The Labute approximate surface area is 168 Å². The van der Waals surface area contributed by atoms with E-state index in [9.17, 15) is 15.2 Å². The smallest absolute Gasteiger partial charge is 0.247 e. The fourth-order valence-electron chi connectivity index (χ4n) is 4.31. The molecule has 1 saturated heterocycles. The number of anilines is 1. The van der Waals surface area contributed by atoms with E-state index < -0.39 is 11.5 Å². The highest BCUT2D eigenvalue weighted by Crippen LogP contribution is 2.52. The van der Waals surface area contributed by atoms with Crippen molar-refractivity contribution in [3.63, 3.8) is 0 Å². The third kappa shape index (κ3) is 2.71. The van der Waals surface area contributed by atoms with Crippen LogP contribution in [0.3, 0.4) is 0 Å². The van der Waals surface area contributed by atoms with Crippen LogP contribution in [0.25, 0.3) is 16.8 Å². The number of aliphatic hydroxyl groups is 1. The number of nitrogens with zero attached hydrogens (tertiary/aromatic N) is 5. The summed E-state index contributed by atoms with van der Waals surface area (Å²) < 4.78 is 1.74. The maximum absolute atomic E-state index is 13.2. The number of pyridine rings is 1. The predicted molar refractivity (Wildman–Crippen MR) is 107 cm³/mol. The molecule has 1 aliphatic carbocycles. The van der Waals surface area contributed by atoms with Crippen molar-refractivity contribution in [1.29, 1.82) is 5.26 Å². The summed E-state index contributed by atoms with van der Waals surface area (Å²) in [6.45, 7) is 2.25. The number of amides is 1. The maximum Gasteiger partial charge on any atom is 0.247 e. The van der Waals surface area contributed by atoms with Gasteiger partial charge in [0.05, 0.1) is 29.1 Å². The van der Waals surface area contributed by atoms with Gasteiger partial charge in [-0.25, -0.2) is 4.52 Å². The maximum atomic E-state index is 13.2. The first-order chi connectivity index (χ1) is 14.0. The van der Waals surface area contributed by atoms with Crippen LogP contribution in [0.15, 0.2) is 42.9 Å². The largest absolute Gasteiger partial charge is 0.389 e. The molecule has 1 aliphatic heterocycles. The molecule has 7 heteroatoms. The van der Waals surface area contributed by atoms with Crippen LogP contribution in [0.1, 0.15) is 37.9 Å². The molecule has 29 heavy (non-hydrogen) atoms. The topological polar surface area (TPSA) is 94.5 Å². The summed E-state index contributed by atoms with van der Waals surface area (Å²) in [7, 11) is 0. The van der Waals surface area contributed by atoms with E-state index in [4.69, 9.17) is 0 Å². The number of rotatable bonds is 4. The number of hydrogen-bond donors (Lipinski definition) is 1. The molecular weight excluding hydrogens is 366 g/mol. The van der Waals surface area contributed by atoms with E-state index in [1.54, 1.807) is 28.7 Å². The van der Waals surface area contributed by atoms with Crippen molar-refractivity contribution in [2.75, 3.05) is 11.4 Å². The average Bonchev–Trinajstić information content (AvgIpc) is 3.40. The van der Waals surface area contributed by atoms with Crippen LogP contribution >= 0.6 is 0 Å². The Hall–Kier alpha value is -3.24. The first-order valence-electron chi connectivity index (χ1n) is 9.88. The van der Waals surface area contributed by atoms with Gasteiger partial charge in [-0.2, -0.15) is 10.4 Å². The van der Waals surface area contributed by atoms with Gasteiger partial charge in [0.2, 0.25) is 5.91 Å². The van der Waals surface area contributed by atoms with E-state index >= 15 is 0 Å². The molecule has 0 bridgehead atoms. The molecule has 4 heterocycles. The molecule has 1 saturated carbocycles. The quantitative estimate of drug-likeness (QED) is 0.742. The SMILES string of the molecule is CC(O)c1ccc(-c2cc3c(N4CC[C@@](C#N)(C5CC5)C4=O)ccnn3c2)nc1. The molecule has 1 N–H and O–H groups in total. The van der Waals surface area contributed by atoms with Crippen molar-refractivity contribution in [3.8, 4) is 17.3 Å². The van der Waals surface area contributed by atoms with E-state index in [0.29, 0.717) is 13.0 Å². The summed E-state index contributed by atoms with van der Waals surface area (Å²) in [5.74, 6) is 0.111. The van der Waals surface area contributed by atoms with Crippen LogP contribution in [0.2, 0.25) is 0 Å². The van der Waals surface area contributed by atoms with Crippen LogP contribution in [0.5, 0.6) is 0 Å². The summed E-state index contributed by atoms with van der Waals surface area (Å²) in [5, 5.41) is 23.8. The van der Waals surface area contributed by atoms with Crippen molar-refractivity contribution in [1.82, 2.24) is 14.6 Å². The molecule has 3 aromatic rings. The first-order valence-corrected chi connectivity index (χ1v) is 9.88. The third-order valence-electron chi connectivity index (χ3n) is 6.17. The summed E-state index contributed by atoms with van der Waals surface area (Å²) in [6.07, 6.45) is 7.15. The zero-order valence-electron chi connectivity index (χ0n) is 16.1. The zero-order chi connectivity index (χ0) is 20.2. The lowest BCUT2D eigenvalue weighted by Gasteiger charge is -2.21. The van der Waals surface area contributed by atoms with Crippen LogP contribution < -0.4 is 4.90 Å². The summed E-state index contributed by atoms with van der Waals surface area (Å²) in [4.78, 5) is 19.4. The van der Waals surface area contributed by atoms with Crippen molar-refractivity contribution in [3.05, 3.63) is 48.4 Å². The fourth-order valence-corrected chi connectivity index (χ4v) is 4.31. The van der Waals surface area contributed by atoms with E-state index in [1.807, 2.05) is 30.5 Å². The second kappa shape index (κ2) is 6.39. The number of carbonyl (C=O) groups excluding carboxylic acids is 1. The normalized spacial score (nSPS) is 22.8. The number of hydrogen-bond acceptors (Lipinski definition) is 5. The van der Waals surface area contributed by atoms with Crippen LogP contribution in [-0.2, 0) is 4.79 Å². The van der Waals surface area contributed by atoms with Gasteiger partial charge < -0.3 is 10.0 Å². The van der Waals surface area contributed by atoms with Gasteiger partial charge in [0.15, 0.2) is 0 Å². The minimum absolute atomic E-state index is 0.0854. The van der Waals surface area contributed by atoms with Crippen molar-refractivity contribution in [2.24, 2.45) is 11.3 Å². The molecule has 2 aliphatic rings. The number of nitriles is 1. The van der Waals surface area contributed by atoms with Crippen molar-refractivity contribution < 1.29 is 9.90 Å². The number of carbonyl (C=O) groups is 1. The van der Waals surface area contributed by atoms with Gasteiger partial charge in [0.1, 0.15) is 5.41 Å². The lowest BCUT2D eigenvalue weighted by Crippen LogP contribution is -2.35. The van der Waals surface area contributed by atoms with Crippen molar-refractivity contribution >= 4 is 17.1 Å². The Kier molecular flexibility index (Phi) is 3.93. The standard InChI is InChI=1S/C22H21N5O2/c1-14(28)15-2-5-18(24-11-15)16-10-20-19(6-8-25-27(20)12-16)26-9-7-22(13-23,21(26)29)17-3-4-17/h2,5-6,8,10-12,14,17,28H,3-4,7,9H2,1H3/t14?,22-/m1/s1. The number of fused-ring (bicyclic) bond motifs is 1. The first kappa shape index (κ1) is 17.8. The number of aliphatic hydroxyl groups excluding tert-OH is 1. The Morgan fingerprint density at radius 2 is 2.17 bits per heavy atom. The molecule has 2 atom stereocenters. The van der Waals surface area contributed by atoms with Gasteiger partial charge >= 0.3 is 0 Å². The highest BCUT2D eigenvalue weighted by molar-refractivity contribution is 6.05. The van der Waals surface area contributed by atoms with Gasteiger partial charge in [0.25, 0.3) is 0 Å².